The number of carbonyl (C=O) groups excluding carboxylic acids is 2. The van der Waals surface area contributed by atoms with E-state index in [0.29, 0.717) is 22.3 Å². The lowest BCUT2D eigenvalue weighted by Crippen LogP contribution is -2.29. The summed E-state index contributed by atoms with van der Waals surface area (Å²) in [7, 11) is 2.60. The second kappa shape index (κ2) is 11.6. The van der Waals surface area contributed by atoms with Gasteiger partial charge < -0.3 is 9.47 Å². The third-order valence-electron chi connectivity index (χ3n) is 5.23. The smallest absolute Gasteiger partial charge is 0.269 e. The zero-order chi connectivity index (χ0) is 27.1. The van der Waals surface area contributed by atoms with Crippen LogP contribution in [0, 0.1) is 11.6 Å². The van der Waals surface area contributed by atoms with Crippen LogP contribution >= 0.6 is 0 Å². The number of nitrogens with one attached hydrogen (secondary N) is 4. The van der Waals surface area contributed by atoms with Crippen molar-refractivity contribution in [3.05, 3.63) is 95.8 Å². The molecule has 12 heteroatoms. The standard InChI is InChI=1S/C26H22F2N6O4/c1-37-25-21(27)11-19(13-29-25)31-33-23(35)17-7-3-5-15(9-17)16-6-4-8-18(10-16)24(36)34-32-20-12-22(28)26(38-2)30-14-20/h3-14,31-32H,1-2H3,(H,33,35)(H,34,36). The zero-order valence-corrected chi connectivity index (χ0v) is 20.2. The maximum Gasteiger partial charge on any atom is 0.269 e. The lowest BCUT2D eigenvalue weighted by molar-refractivity contribution is 0.0954. The lowest BCUT2D eigenvalue weighted by atomic mass is 10.0. The second-order valence-corrected chi connectivity index (χ2v) is 7.75. The van der Waals surface area contributed by atoms with Crippen molar-refractivity contribution in [3.63, 3.8) is 0 Å². The van der Waals surface area contributed by atoms with Crippen LogP contribution in [-0.4, -0.2) is 36.0 Å². The van der Waals surface area contributed by atoms with Crippen LogP contribution < -0.4 is 31.2 Å². The van der Waals surface area contributed by atoms with Crippen LogP contribution in [-0.2, 0) is 0 Å². The molecule has 0 bridgehead atoms. The molecule has 2 aromatic carbocycles. The summed E-state index contributed by atoms with van der Waals surface area (Å²) >= 11 is 0. The number of hydrogen-bond donors (Lipinski definition) is 4. The summed E-state index contributed by atoms with van der Waals surface area (Å²) in [5.74, 6) is -2.62. The molecule has 0 unspecified atom stereocenters. The third-order valence-corrected chi connectivity index (χ3v) is 5.23. The molecule has 0 atom stereocenters. The van der Waals surface area contributed by atoms with Crippen LogP contribution in [0.1, 0.15) is 20.7 Å². The van der Waals surface area contributed by atoms with Crippen molar-refractivity contribution in [1.82, 2.24) is 20.8 Å². The Labute approximate surface area is 216 Å². The molecule has 2 aromatic heterocycles. The number of anilines is 2. The number of ether oxygens (including phenoxy) is 2. The van der Waals surface area contributed by atoms with Crippen molar-refractivity contribution in [2.24, 2.45) is 0 Å². The van der Waals surface area contributed by atoms with Gasteiger partial charge in [0.1, 0.15) is 0 Å². The largest absolute Gasteiger partial charge is 0.479 e. The van der Waals surface area contributed by atoms with E-state index < -0.39 is 23.4 Å². The Hall–Kier alpha value is -5.26. The number of halogens is 2. The van der Waals surface area contributed by atoms with Crippen molar-refractivity contribution in [1.29, 1.82) is 0 Å². The van der Waals surface area contributed by atoms with E-state index >= 15 is 0 Å². The molecule has 0 aliphatic rings. The molecular formula is C26H22F2N6O4. The summed E-state index contributed by atoms with van der Waals surface area (Å²) in [4.78, 5) is 32.9. The van der Waals surface area contributed by atoms with E-state index in [1.807, 2.05) is 0 Å². The van der Waals surface area contributed by atoms with E-state index in [9.17, 15) is 18.4 Å². The van der Waals surface area contributed by atoms with Gasteiger partial charge >= 0.3 is 0 Å². The first-order chi connectivity index (χ1) is 18.4. The van der Waals surface area contributed by atoms with Gasteiger partial charge in [-0.15, -0.1) is 0 Å². The molecule has 4 rings (SSSR count). The van der Waals surface area contributed by atoms with Crippen molar-refractivity contribution in [3.8, 4) is 22.9 Å². The highest BCUT2D eigenvalue weighted by atomic mass is 19.1. The van der Waals surface area contributed by atoms with Crippen LogP contribution in [0.25, 0.3) is 11.1 Å². The molecule has 0 spiro atoms. The summed E-state index contributed by atoms with van der Waals surface area (Å²) in [6, 6.07) is 15.7. The number of hydrazine groups is 2. The minimum atomic E-state index is -0.680. The Balaban J connectivity index is 1.42. The normalized spacial score (nSPS) is 10.3. The molecule has 0 saturated carbocycles. The van der Waals surface area contributed by atoms with Gasteiger partial charge in [-0.1, -0.05) is 24.3 Å². The van der Waals surface area contributed by atoms with Gasteiger partial charge in [0.15, 0.2) is 11.6 Å². The minimum absolute atomic E-state index is 0.159. The first-order valence-electron chi connectivity index (χ1n) is 11.1. The number of pyridine rings is 2. The molecule has 0 aliphatic carbocycles. The zero-order valence-electron chi connectivity index (χ0n) is 20.2. The maximum atomic E-state index is 13.8. The summed E-state index contributed by atoms with van der Waals surface area (Å²) in [6.07, 6.45) is 2.62. The van der Waals surface area contributed by atoms with Gasteiger partial charge in [-0.2, -0.15) is 0 Å². The van der Waals surface area contributed by atoms with Gasteiger partial charge in [-0.3, -0.25) is 31.3 Å². The van der Waals surface area contributed by atoms with Gasteiger partial charge in [0, 0.05) is 23.3 Å². The van der Waals surface area contributed by atoms with Crippen LogP contribution in [0.2, 0.25) is 0 Å². The van der Waals surface area contributed by atoms with Gasteiger partial charge in [0.2, 0.25) is 11.8 Å². The fourth-order valence-corrected chi connectivity index (χ4v) is 3.37. The van der Waals surface area contributed by atoms with Crippen molar-refractivity contribution >= 4 is 23.2 Å². The highest BCUT2D eigenvalue weighted by Crippen LogP contribution is 2.22. The van der Waals surface area contributed by atoms with Gasteiger partial charge in [0.25, 0.3) is 11.8 Å². The van der Waals surface area contributed by atoms with Crippen LogP contribution in [0.4, 0.5) is 20.2 Å². The monoisotopic (exact) mass is 520 g/mol. The Morgan fingerprint density at radius 2 is 1.11 bits per heavy atom. The predicted molar refractivity (Wildman–Crippen MR) is 136 cm³/mol. The van der Waals surface area contributed by atoms with E-state index in [1.165, 1.54) is 26.6 Å². The number of aromatic nitrogens is 2. The molecule has 4 N–H and O–H groups in total. The predicted octanol–water partition coefficient (Wildman–Crippen LogP) is 3.95. The van der Waals surface area contributed by atoms with Crippen LogP contribution in [0.3, 0.4) is 0 Å². The summed E-state index contributed by atoms with van der Waals surface area (Å²) < 4.78 is 37.2. The van der Waals surface area contributed by atoms with E-state index in [2.05, 4.69) is 31.7 Å². The number of carbonyl (C=O) groups is 2. The average Bonchev–Trinajstić information content (AvgIpc) is 2.95. The highest BCUT2D eigenvalue weighted by molar-refractivity contribution is 5.97. The average molecular weight is 520 g/mol. The molecule has 4 aromatic rings. The Bertz CT molecular complexity index is 1370. The number of hydrogen-bond acceptors (Lipinski definition) is 8. The molecule has 0 fully saturated rings. The number of amides is 2. The first kappa shape index (κ1) is 25.8. The van der Waals surface area contributed by atoms with Crippen molar-refractivity contribution in [2.45, 2.75) is 0 Å². The fraction of sp³-hybridized carbons (Fsp3) is 0.0769. The molecule has 10 nitrogen and oxygen atoms in total. The molecule has 2 heterocycles. The van der Waals surface area contributed by atoms with E-state index in [0.717, 1.165) is 12.1 Å². The second-order valence-electron chi connectivity index (χ2n) is 7.75. The molecule has 2 amide bonds. The van der Waals surface area contributed by atoms with Gasteiger partial charge in [-0.05, 0) is 35.4 Å². The number of benzene rings is 2. The number of methoxy groups -OCH3 is 2. The Morgan fingerprint density at radius 1 is 0.684 bits per heavy atom. The van der Waals surface area contributed by atoms with Crippen molar-refractivity contribution in [2.75, 3.05) is 25.1 Å². The van der Waals surface area contributed by atoms with Gasteiger partial charge in [0.05, 0.1) is 38.0 Å². The third kappa shape index (κ3) is 6.10. The molecule has 194 valence electrons. The Morgan fingerprint density at radius 3 is 1.47 bits per heavy atom. The summed E-state index contributed by atoms with van der Waals surface area (Å²) in [6.45, 7) is 0. The van der Waals surface area contributed by atoms with Crippen molar-refractivity contribution < 1.29 is 27.8 Å². The molecule has 38 heavy (non-hydrogen) atoms. The fourth-order valence-electron chi connectivity index (χ4n) is 3.37. The topological polar surface area (TPSA) is 126 Å². The molecular weight excluding hydrogens is 498 g/mol. The molecule has 0 aliphatic heterocycles. The highest BCUT2D eigenvalue weighted by Gasteiger charge is 2.12. The number of rotatable bonds is 9. The van der Waals surface area contributed by atoms with Gasteiger partial charge in [-0.25, -0.2) is 18.7 Å². The lowest BCUT2D eigenvalue weighted by Gasteiger charge is -2.11. The minimum Gasteiger partial charge on any atom is -0.479 e. The van der Waals surface area contributed by atoms with E-state index in [4.69, 9.17) is 9.47 Å². The SMILES string of the molecule is COc1ncc(NNC(=O)c2cccc(-c3cccc(C(=O)NNc4cnc(OC)c(F)c4)c3)c2)cc1F. The number of nitrogens with zero attached hydrogens (tertiary/aromatic N) is 2. The molecule has 0 saturated heterocycles. The van der Waals surface area contributed by atoms with E-state index in [1.54, 1.807) is 48.5 Å². The van der Waals surface area contributed by atoms with Crippen LogP contribution in [0.15, 0.2) is 73.1 Å². The maximum absolute atomic E-state index is 13.8. The quantitative estimate of drug-likeness (QED) is 0.245. The molecule has 0 radical (unpaired) electrons. The van der Waals surface area contributed by atoms with E-state index in [-0.39, 0.29) is 23.1 Å². The Kier molecular flexibility index (Phi) is 7.92. The summed E-state index contributed by atoms with van der Waals surface area (Å²) in [5.41, 5.74) is 12.6. The van der Waals surface area contributed by atoms with Crippen LogP contribution in [0.5, 0.6) is 11.8 Å². The first-order valence-corrected chi connectivity index (χ1v) is 11.1. The summed E-state index contributed by atoms with van der Waals surface area (Å²) in [5, 5.41) is 0.